The van der Waals surface area contributed by atoms with Crippen LogP contribution in [0.1, 0.15) is 27.4 Å². The second-order valence-corrected chi connectivity index (χ2v) is 4.59. The van der Waals surface area contributed by atoms with Crippen molar-refractivity contribution < 1.29 is 4.79 Å². The molecule has 0 unspecified atom stereocenters. The number of rotatable bonds is 4. The zero-order valence-electron chi connectivity index (χ0n) is 11.8. The highest BCUT2D eigenvalue weighted by Crippen LogP contribution is 2.05. The molecule has 0 aromatic carbocycles. The highest BCUT2D eigenvalue weighted by Gasteiger charge is 2.10. The van der Waals surface area contributed by atoms with Gasteiger partial charge in [-0.05, 0) is 20.8 Å². The fraction of sp³-hybridized carbons (Fsp3) is 0.385. The van der Waals surface area contributed by atoms with Gasteiger partial charge < -0.3 is 15.6 Å². The minimum Gasteiger partial charge on any atom is -0.368 e. The Morgan fingerprint density at radius 2 is 2.05 bits per heavy atom. The van der Waals surface area contributed by atoms with Crippen LogP contribution in [0, 0.1) is 20.8 Å². The summed E-state index contributed by atoms with van der Waals surface area (Å²) >= 11 is 0. The third-order valence-corrected chi connectivity index (χ3v) is 3.23. The number of aromatic nitrogens is 4. The molecule has 0 atom stereocenters. The van der Waals surface area contributed by atoms with E-state index in [0.717, 1.165) is 11.4 Å². The van der Waals surface area contributed by atoms with Gasteiger partial charge in [-0.3, -0.25) is 4.79 Å². The number of carbonyl (C=O) groups is 1. The lowest BCUT2D eigenvalue weighted by Crippen LogP contribution is -2.28. The molecule has 0 saturated carbocycles. The van der Waals surface area contributed by atoms with Crippen molar-refractivity contribution in [1.82, 2.24) is 24.8 Å². The number of imidazole rings is 1. The van der Waals surface area contributed by atoms with E-state index < -0.39 is 0 Å². The average Bonchev–Trinajstić information content (AvgIpc) is 2.70. The van der Waals surface area contributed by atoms with E-state index in [4.69, 9.17) is 5.73 Å². The molecule has 7 heteroatoms. The monoisotopic (exact) mass is 274 g/mol. The highest BCUT2D eigenvalue weighted by atomic mass is 16.1. The minimum atomic E-state index is -0.197. The van der Waals surface area contributed by atoms with Crippen LogP contribution in [0.5, 0.6) is 0 Å². The van der Waals surface area contributed by atoms with Crippen molar-refractivity contribution >= 4 is 11.9 Å². The summed E-state index contributed by atoms with van der Waals surface area (Å²) in [4.78, 5) is 24.0. The SMILES string of the molecule is Cc1nc(N)ncc1C(=O)NCCn1cnc(C)c1C. The van der Waals surface area contributed by atoms with E-state index in [1.54, 1.807) is 13.3 Å². The van der Waals surface area contributed by atoms with Gasteiger partial charge in [0.15, 0.2) is 0 Å². The Morgan fingerprint density at radius 3 is 2.65 bits per heavy atom. The number of hydrogen-bond acceptors (Lipinski definition) is 5. The molecule has 0 spiro atoms. The second-order valence-electron chi connectivity index (χ2n) is 4.59. The van der Waals surface area contributed by atoms with Crippen LogP contribution in [-0.2, 0) is 6.54 Å². The average molecular weight is 274 g/mol. The van der Waals surface area contributed by atoms with Gasteiger partial charge >= 0.3 is 0 Å². The van der Waals surface area contributed by atoms with Gasteiger partial charge in [-0.15, -0.1) is 0 Å². The molecule has 0 bridgehead atoms. The lowest BCUT2D eigenvalue weighted by Gasteiger charge is -2.09. The number of hydrogen-bond donors (Lipinski definition) is 2. The van der Waals surface area contributed by atoms with E-state index >= 15 is 0 Å². The summed E-state index contributed by atoms with van der Waals surface area (Å²) in [5, 5.41) is 2.84. The van der Waals surface area contributed by atoms with Crippen molar-refractivity contribution in [2.75, 3.05) is 12.3 Å². The van der Waals surface area contributed by atoms with Crippen LogP contribution in [0.25, 0.3) is 0 Å². The van der Waals surface area contributed by atoms with Gasteiger partial charge in [-0.1, -0.05) is 0 Å². The third kappa shape index (κ3) is 2.93. The number of nitrogens with zero attached hydrogens (tertiary/aromatic N) is 4. The van der Waals surface area contributed by atoms with E-state index in [-0.39, 0.29) is 11.9 Å². The maximum Gasteiger partial charge on any atom is 0.254 e. The quantitative estimate of drug-likeness (QED) is 0.851. The maximum absolute atomic E-state index is 12.0. The topological polar surface area (TPSA) is 98.7 Å². The lowest BCUT2D eigenvalue weighted by molar-refractivity contribution is 0.0951. The van der Waals surface area contributed by atoms with Crippen LogP contribution in [0.3, 0.4) is 0 Å². The maximum atomic E-state index is 12.0. The van der Waals surface area contributed by atoms with Gasteiger partial charge in [0.2, 0.25) is 5.95 Å². The number of anilines is 1. The largest absolute Gasteiger partial charge is 0.368 e. The van der Waals surface area contributed by atoms with E-state index in [9.17, 15) is 4.79 Å². The number of nitrogens with two attached hydrogens (primary N) is 1. The molecule has 2 aromatic heterocycles. The summed E-state index contributed by atoms with van der Waals surface area (Å²) < 4.78 is 2.00. The molecular weight excluding hydrogens is 256 g/mol. The number of nitrogens with one attached hydrogen (secondary N) is 1. The highest BCUT2D eigenvalue weighted by molar-refractivity contribution is 5.94. The first-order valence-electron chi connectivity index (χ1n) is 6.34. The van der Waals surface area contributed by atoms with Crippen molar-refractivity contribution in [3.63, 3.8) is 0 Å². The van der Waals surface area contributed by atoms with Crippen LogP contribution in [-0.4, -0.2) is 32.0 Å². The van der Waals surface area contributed by atoms with Crippen molar-refractivity contribution in [3.8, 4) is 0 Å². The normalized spacial score (nSPS) is 10.6. The van der Waals surface area contributed by atoms with E-state index in [1.165, 1.54) is 6.20 Å². The van der Waals surface area contributed by atoms with Crippen LogP contribution in [0.2, 0.25) is 0 Å². The first-order valence-corrected chi connectivity index (χ1v) is 6.34. The molecule has 7 nitrogen and oxygen atoms in total. The second kappa shape index (κ2) is 5.68. The van der Waals surface area contributed by atoms with Crippen molar-refractivity contribution in [3.05, 3.63) is 35.2 Å². The van der Waals surface area contributed by atoms with Crippen molar-refractivity contribution in [1.29, 1.82) is 0 Å². The van der Waals surface area contributed by atoms with Gasteiger partial charge in [0.1, 0.15) is 0 Å². The van der Waals surface area contributed by atoms with Gasteiger partial charge in [-0.2, -0.15) is 0 Å². The predicted molar refractivity (Wildman–Crippen MR) is 75.2 cm³/mol. The van der Waals surface area contributed by atoms with Crippen LogP contribution >= 0.6 is 0 Å². The summed E-state index contributed by atoms with van der Waals surface area (Å²) in [6, 6.07) is 0. The fourth-order valence-corrected chi connectivity index (χ4v) is 1.86. The molecule has 0 fully saturated rings. The molecule has 2 heterocycles. The van der Waals surface area contributed by atoms with Gasteiger partial charge in [0, 0.05) is 25.0 Å². The molecule has 0 saturated heterocycles. The smallest absolute Gasteiger partial charge is 0.254 e. The fourth-order valence-electron chi connectivity index (χ4n) is 1.86. The number of carbonyl (C=O) groups excluding carboxylic acids is 1. The Morgan fingerprint density at radius 1 is 1.30 bits per heavy atom. The van der Waals surface area contributed by atoms with Gasteiger partial charge in [-0.25, -0.2) is 15.0 Å². The lowest BCUT2D eigenvalue weighted by atomic mass is 10.2. The summed E-state index contributed by atoms with van der Waals surface area (Å²) in [6.07, 6.45) is 3.22. The molecule has 2 rings (SSSR count). The molecule has 106 valence electrons. The summed E-state index contributed by atoms with van der Waals surface area (Å²) in [6.45, 7) is 6.88. The number of aryl methyl sites for hydroxylation is 2. The summed E-state index contributed by atoms with van der Waals surface area (Å²) in [7, 11) is 0. The van der Waals surface area contributed by atoms with Gasteiger partial charge in [0.05, 0.1) is 23.3 Å². The summed E-state index contributed by atoms with van der Waals surface area (Å²) in [5.74, 6) is -0.0273. The standard InChI is InChI=1S/C13H18N6O/c1-8-10(3)19(7-17-8)5-4-15-12(20)11-6-16-13(14)18-9(11)2/h6-7H,4-5H2,1-3H3,(H,15,20)(H2,14,16,18). The predicted octanol–water partition coefficient (Wildman–Crippen LogP) is 0.611. The third-order valence-electron chi connectivity index (χ3n) is 3.23. The Labute approximate surface area is 117 Å². The molecule has 2 aromatic rings. The Balaban J connectivity index is 1.94. The Kier molecular flexibility index (Phi) is 3.97. The molecule has 0 aliphatic rings. The van der Waals surface area contributed by atoms with E-state index in [0.29, 0.717) is 24.3 Å². The zero-order valence-corrected chi connectivity index (χ0v) is 11.8. The molecule has 0 aliphatic heterocycles. The molecule has 1 amide bonds. The number of amides is 1. The molecular formula is C13H18N6O. The first kappa shape index (κ1) is 14.0. The minimum absolute atomic E-state index is 0.170. The van der Waals surface area contributed by atoms with Crippen molar-refractivity contribution in [2.24, 2.45) is 0 Å². The molecule has 0 radical (unpaired) electrons. The molecule has 0 aliphatic carbocycles. The van der Waals surface area contributed by atoms with Gasteiger partial charge in [0.25, 0.3) is 5.91 Å². The Bertz CT molecular complexity index is 634. The Hall–Kier alpha value is -2.44. The van der Waals surface area contributed by atoms with Crippen LogP contribution < -0.4 is 11.1 Å². The van der Waals surface area contributed by atoms with Crippen LogP contribution in [0.15, 0.2) is 12.5 Å². The summed E-state index contributed by atoms with van der Waals surface area (Å²) in [5.41, 5.74) is 8.58. The molecule has 20 heavy (non-hydrogen) atoms. The number of nitrogen functional groups attached to an aromatic ring is 1. The molecule has 3 N–H and O–H groups in total. The first-order chi connectivity index (χ1) is 9.49. The van der Waals surface area contributed by atoms with E-state index in [2.05, 4.69) is 20.3 Å². The van der Waals surface area contributed by atoms with Crippen LogP contribution in [0.4, 0.5) is 5.95 Å². The van der Waals surface area contributed by atoms with E-state index in [1.807, 2.05) is 18.4 Å². The van der Waals surface area contributed by atoms with Crippen molar-refractivity contribution in [2.45, 2.75) is 27.3 Å². The zero-order chi connectivity index (χ0) is 14.7.